The zero-order chi connectivity index (χ0) is 25.5. The lowest BCUT2D eigenvalue weighted by molar-refractivity contribution is 0.0872. The molecule has 0 radical (unpaired) electrons. The Morgan fingerprint density at radius 1 is 1.00 bits per heavy atom. The third-order valence-corrected chi connectivity index (χ3v) is 8.15. The average Bonchev–Trinajstić information content (AvgIpc) is 3.27. The SMILES string of the molecule is Cc1cc(Oc2ccccc2)ccc1N1C(=O)Nc2c(C(=O)N[C@H]3CC[C@H](O)CC3)sc3cccc1c23. The minimum Gasteiger partial charge on any atom is -0.457 e. The van der Waals surface area contributed by atoms with E-state index >= 15 is 0 Å². The van der Waals surface area contributed by atoms with E-state index in [9.17, 15) is 14.7 Å². The Kier molecular flexibility index (Phi) is 6.06. The highest BCUT2D eigenvalue weighted by molar-refractivity contribution is 7.21. The number of hydrogen-bond donors (Lipinski definition) is 3. The Hall–Kier alpha value is -3.88. The lowest BCUT2D eigenvalue weighted by Gasteiger charge is -2.30. The minimum absolute atomic E-state index is 0.0304. The summed E-state index contributed by atoms with van der Waals surface area (Å²) >= 11 is 1.38. The number of nitrogens with one attached hydrogen (secondary N) is 2. The maximum absolute atomic E-state index is 13.5. The summed E-state index contributed by atoms with van der Waals surface area (Å²) < 4.78 is 6.90. The molecular formula is C29H27N3O4S. The summed E-state index contributed by atoms with van der Waals surface area (Å²) in [7, 11) is 0. The second-order valence-electron chi connectivity index (χ2n) is 9.56. The van der Waals surface area contributed by atoms with Crippen LogP contribution < -0.4 is 20.3 Å². The molecule has 0 spiro atoms. The van der Waals surface area contributed by atoms with Gasteiger partial charge in [-0.3, -0.25) is 9.69 Å². The molecule has 4 aromatic rings. The highest BCUT2D eigenvalue weighted by atomic mass is 32.1. The first-order valence-corrected chi connectivity index (χ1v) is 13.3. The molecule has 1 aliphatic carbocycles. The molecule has 1 aliphatic heterocycles. The summed E-state index contributed by atoms with van der Waals surface area (Å²) in [6.45, 7) is 1.95. The van der Waals surface area contributed by atoms with Gasteiger partial charge in [-0.25, -0.2) is 4.79 Å². The number of benzene rings is 3. The van der Waals surface area contributed by atoms with Crippen LogP contribution in [0.3, 0.4) is 0 Å². The molecule has 2 aliphatic rings. The molecule has 37 heavy (non-hydrogen) atoms. The van der Waals surface area contributed by atoms with E-state index < -0.39 is 0 Å². The van der Waals surface area contributed by atoms with Gasteiger partial charge in [-0.1, -0.05) is 24.3 Å². The first kappa shape index (κ1) is 23.5. The van der Waals surface area contributed by atoms with Gasteiger partial charge in [0.1, 0.15) is 16.4 Å². The zero-order valence-electron chi connectivity index (χ0n) is 20.4. The Balaban J connectivity index is 1.32. The van der Waals surface area contributed by atoms with Crippen LogP contribution in [0.5, 0.6) is 11.5 Å². The lowest BCUT2D eigenvalue weighted by Crippen LogP contribution is -2.39. The molecule has 3 amide bonds. The van der Waals surface area contributed by atoms with Crippen LogP contribution in [0, 0.1) is 6.92 Å². The lowest BCUT2D eigenvalue weighted by atomic mass is 9.93. The molecule has 0 atom stereocenters. The molecule has 1 aromatic heterocycles. The van der Waals surface area contributed by atoms with Crippen LogP contribution in [0.4, 0.5) is 21.9 Å². The van der Waals surface area contributed by atoms with Gasteiger partial charge < -0.3 is 20.5 Å². The number of carbonyl (C=O) groups excluding carboxylic acids is 2. The van der Waals surface area contributed by atoms with Gasteiger partial charge in [-0.05, 0) is 80.6 Å². The van der Waals surface area contributed by atoms with Crippen molar-refractivity contribution in [2.24, 2.45) is 0 Å². The normalized spacial score (nSPS) is 19.0. The highest BCUT2D eigenvalue weighted by Crippen LogP contribution is 2.47. The number of aryl methyl sites for hydroxylation is 1. The van der Waals surface area contributed by atoms with E-state index in [-0.39, 0.29) is 24.1 Å². The third-order valence-electron chi connectivity index (χ3n) is 7.00. The van der Waals surface area contributed by atoms with Crippen molar-refractivity contribution in [1.29, 1.82) is 0 Å². The van der Waals surface area contributed by atoms with Crippen LogP contribution in [0.15, 0.2) is 66.7 Å². The van der Waals surface area contributed by atoms with E-state index in [1.54, 1.807) is 4.90 Å². The number of ether oxygens (including phenoxy) is 1. The third kappa shape index (κ3) is 4.43. The quantitative estimate of drug-likeness (QED) is 0.276. The molecule has 0 saturated heterocycles. The Labute approximate surface area is 218 Å². The number of para-hydroxylation sites is 1. The van der Waals surface area contributed by atoms with Crippen LogP contribution in [0.25, 0.3) is 10.1 Å². The first-order valence-electron chi connectivity index (χ1n) is 12.5. The largest absolute Gasteiger partial charge is 0.457 e. The second-order valence-corrected chi connectivity index (χ2v) is 10.6. The summed E-state index contributed by atoms with van der Waals surface area (Å²) in [5, 5.41) is 16.7. The van der Waals surface area contributed by atoms with Crippen LogP contribution in [-0.4, -0.2) is 29.2 Å². The van der Waals surface area contributed by atoms with E-state index in [4.69, 9.17) is 4.74 Å². The van der Waals surface area contributed by atoms with Crippen molar-refractivity contribution in [2.75, 3.05) is 10.2 Å². The molecule has 188 valence electrons. The van der Waals surface area contributed by atoms with Gasteiger partial charge >= 0.3 is 6.03 Å². The molecule has 3 aromatic carbocycles. The summed E-state index contributed by atoms with van der Waals surface area (Å²) in [6, 6.07) is 20.7. The Morgan fingerprint density at radius 2 is 1.78 bits per heavy atom. The number of amides is 3. The number of aliphatic hydroxyl groups is 1. The van der Waals surface area contributed by atoms with Crippen LogP contribution in [0.1, 0.15) is 40.9 Å². The maximum Gasteiger partial charge on any atom is 0.331 e. The topological polar surface area (TPSA) is 90.9 Å². The van der Waals surface area contributed by atoms with Crippen molar-refractivity contribution in [3.8, 4) is 11.5 Å². The fourth-order valence-corrected chi connectivity index (χ4v) is 6.23. The van der Waals surface area contributed by atoms with E-state index in [1.807, 2.05) is 73.7 Å². The fraction of sp³-hybridized carbons (Fsp3) is 0.241. The summed E-state index contributed by atoms with van der Waals surface area (Å²) in [5.74, 6) is 1.25. The van der Waals surface area contributed by atoms with Crippen molar-refractivity contribution in [1.82, 2.24) is 5.32 Å². The number of hydrogen-bond acceptors (Lipinski definition) is 5. The number of aliphatic hydroxyl groups excluding tert-OH is 1. The molecule has 7 nitrogen and oxygen atoms in total. The highest BCUT2D eigenvalue weighted by Gasteiger charge is 2.33. The van der Waals surface area contributed by atoms with E-state index in [2.05, 4.69) is 10.6 Å². The number of urea groups is 1. The van der Waals surface area contributed by atoms with Crippen molar-refractivity contribution in [3.63, 3.8) is 0 Å². The summed E-state index contributed by atoms with van der Waals surface area (Å²) in [5.41, 5.74) is 2.93. The predicted molar refractivity (Wildman–Crippen MR) is 146 cm³/mol. The van der Waals surface area contributed by atoms with Gasteiger partial charge in [0.05, 0.1) is 23.2 Å². The smallest absolute Gasteiger partial charge is 0.331 e. The second kappa shape index (κ2) is 9.53. The zero-order valence-corrected chi connectivity index (χ0v) is 21.2. The van der Waals surface area contributed by atoms with Crippen molar-refractivity contribution < 1.29 is 19.4 Å². The Morgan fingerprint density at radius 3 is 2.54 bits per heavy atom. The molecule has 0 unspecified atom stereocenters. The number of carbonyl (C=O) groups is 2. The number of thiophene rings is 1. The summed E-state index contributed by atoms with van der Waals surface area (Å²) in [6.07, 6.45) is 2.60. The van der Waals surface area contributed by atoms with E-state index in [0.29, 0.717) is 29.2 Å². The van der Waals surface area contributed by atoms with Crippen LogP contribution in [0.2, 0.25) is 0 Å². The predicted octanol–water partition coefficient (Wildman–Crippen LogP) is 6.72. The van der Waals surface area contributed by atoms with Gasteiger partial charge in [0, 0.05) is 16.1 Å². The standard InChI is InChI=1S/C29H27N3O4S/c1-17-16-21(36-20-6-3-2-4-7-20)14-15-22(17)32-23-8-5-9-24-25(23)26(31-29(32)35)27(37-24)28(34)30-18-10-12-19(33)13-11-18/h2-9,14-16,18-19,33H,10-13H2,1H3,(H,30,34)(H,31,35)/t18-,19-. The number of anilines is 3. The molecule has 8 heteroatoms. The molecule has 2 heterocycles. The number of nitrogens with zero attached hydrogens (tertiary/aromatic N) is 1. The monoisotopic (exact) mass is 513 g/mol. The molecule has 1 saturated carbocycles. The van der Waals surface area contributed by atoms with Gasteiger partial charge in [0.25, 0.3) is 5.91 Å². The first-order chi connectivity index (χ1) is 18.0. The molecule has 3 N–H and O–H groups in total. The van der Waals surface area contributed by atoms with E-state index in [0.717, 1.165) is 45.6 Å². The van der Waals surface area contributed by atoms with E-state index in [1.165, 1.54) is 11.3 Å². The molecular weight excluding hydrogens is 486 g/mol. The van der Waals surface area contributed by atoms with Crippen molar-refractivity contribution in [3.05, 3.63) is 77.2 Å². The summed E-state index contributed by atoms with van der Waals surface area (Å²) in [4.78, 5) is 28.9. The minimum atomic E-state index is -0.312. The maximum atomic E-state index is 13.5. The van der Waals surface area contributed by atoms with Gasteiger partial charge in [-0.2, -0.15) is 0 Å². The van der Waals surface area contributed by atoms with Gasteiger partial charge in [-0.15, -0.1) is 11.3 Å². The fourth-order valence-electron chi connectivity index (χ4n) is 5.15. The average molecular weight is 514 g/mol. The van der Waals surface area contributed by atoms with Crippen LogP contribution >= 0.6 is 11.3 Å². The van der Waals surface area contributed by atoms with Crippen molar-refractivity contribution >= 4 is 50.4 Å². The number of rotatable bonds is 5. The molecule has 0 bridgehead atoms. The van der Waals surface area contributed by atoms with Crippen molar-refractivity contribution in [2.45, 2.75) is 44.8 Å². The van der Waals surface area contributed by atoms with Gasteiger partial charge in [0.15, 0.2) is 0 Å². The Bertz CT molecular complexity index is 1490. The molecule has 6 rings (SSSR count). The molecule has 1 fully saturated rings. The van der Waals surface area contributed by atoms with Gasteiger partial charge in [0.2, 0.25) is 0 Å². The van der Waals surface area contributed by atoms with Crippen LogP contribution in [-0.2, 0) is 0 Å².